The van der Waals surface area contributed by atoms with Gasteiger partial charge in [0.15, 0.2) is 0 Å². The Hall–Kier alpha value is -3.19. The Kier molecular flexibility index (Phi) is 7.79. The van der Waals surface area contributed by atoms with Crippen LogP contribution in [0.2, 0.25) is 5.02 Å². The molecular formula is C28H31ClFN3O3. The van der Waals surface area contributed by atoms with Crippen LogP contribution in [0.3, 0.4) is 0 Å². The Morgan fingerprint density at radius 1 is 1.19 bits per heavy atom. The van der Waals surface area contributed by atoms with E-state index in [4.69, 9.17) is 16.3 Å². The molecule has 2 aromatic heterocycles. The Labute approximate surface area is 216 Å². The fourth-order valence-corrected chi connectivity index (χ4v) is 4.76. The van der Waals surface area contributed by atoms with Crippen molar-refractivity contribution in [2.45, 2.75) is 46.5 Å². The average Bonchev–Trinajstić information content (AvgIpc) is 2.82. The lowest BCUT2D eigenvalue weighted by Gasteiger charge is -2.40. The number of hydrogen-bond donors (Lipinski definition) is 1. The summed E-state index contributed by atoms with van der Waals surface area (Å²) in [6.07, 6.45) is 5.73. The van der Waals surface area contributed by atoms with Gasteiger partial charge in [0.05, 0.1) is 18.7 Å². The molecule has 1 aromatic carbocycles. The van der Waals surface area contributed by atoms with Crippen molar-refractivity contribution in [2.75, 3.05) is 24.6 Å². The number of halogens is 2. The summed E-state index contributed by atoms with van der Waals surface area (Å²) in [4.78, 5) is 22.9. The highest BCUT2D eigenvalue weighted by molar-refractivity contribution is 6.32. The van der Waals surface area contributed by atoms with Crippen LogP contribution in [0.15, 0.2) is 42.7 Å². The number of carboxylic acids is 1. The van der Waals surface area contributed by atoms with Crippen LogP contribution >= 0.6 is 11.6 Å². The standard InChI is InChI=1S/C28H31ClFN3O3/c1-18-21(15-25(34)35)26(33-11-9-28(2,3)10-12-33)22(17-31-18)20-14-23(29)27(32-16-20)36-13-8-19-6-4-5-7-24(19)30/h4-7,14,16-17H,8-13,15H2,1-3H3,(H,34,35). The zero-order valence-electron chi connectivity index (χ0n) is 20.9. The number of aromatic nitrogens is 2. The monoisotopic (exact) mass is 511 g/mol. The molecule has 4 rings (SSSR count). The van der Waals surface area contributed by atoms with Gasteiger partial charge in [-0.25, -0.2) is 9.37 Å². The number of benzene rings is 1. The molecule has 8 heteroatoms. The number of carboxylic acid groups (broad SMARTS) is 1. The number of rotatable bonds is 8. The molecule has 1 aliphatic heterocycles. The van der Waals surface area contributed by atoms with Crippen LogP contribution in [0.4, 0.5) is 10.1 Å². The van der Waals surface area contributed by atoms with Crippen LogP contribution in [0.5, 0.6) is 5.88 Å². The first kappa shape index (κ1) is 25.9. The average molecular weight is 512 g/mol. The van der Waals surface area contributed by atoms with Crippen molar-refractivity contribution in [3.8, 4) is 17.0 Å². The van der Waals surface area contributed by atoms with Crippen LogP contribution in [0.1, 0.15) is 43.5 Å². The van der Waals surface area contributed by atoms with Gasteiger partial charge in [0.25, 0.3) is 0 Å². The Balaban J connectivity index is 1.62. The minimum absolute atomic E-state index is 0.111. The van der Waals surface area contributed by atoms with Gasteiger partial charge in [0.1, 0.15) is 10.8 Å². The molecule has 0 aliphatic carbocycles. The summed E-state index contributed by atoms with van der Waals surface area (Å²) >= 11 is 6.53. The lowest BCUT2D eigenvalue weighted by atomic mass is 9.82. The molecule has 3 heterocycles. The van der Waals surface area contributed by atoms with E-state index >= 15 is 0 Å². The lowest BCUT2D eigenvalue weighted by Crippen LogP contribution is -2.38. The number of ether oxygens (including phenoxy) is 1. The molecule has 1 aliphatic rings. The molecule has 0 bridgehead atoms. The number of pyridine rings is 2. The topological polar surface area (TPSA) is 75.6 Å². The number of hydrogen-bond acceptors (Lipinski definition) is 5. The maximum atomic E-state index is 13.9. The fourth-order valence-electron chi connectivity index (χ4n) is 4.54. The van der Waals surface area contributed by atoms with Crippen LogP contribution < -0.4 is 9.64 Å². The number of aryl methyl sites for hydroxylation is 1. The first-order chi connectivity index (χ1) is 17.1. The van der Waals surface area contributed by atoms with Gasteiger partial charge in [-0.1, -0.05) is 43.6 Å². The van der Waals surface area contributed by atoms with Crippen molar-refractivity contribution in [1.29, 1.82) is 0 Å². The van der Waals surface area contributed by atoms with Crippen LogP contribution in [0, 0.1) is 18.2 Å². The molecule has 0 radical (unpaired) electrons. The Morgan fingerprint density at radius 3 is 2.58 bits per heavy atom. The van der Waals surface area contributed by atoms with Crippen molar-refractivity contribution in [3.63, 3.8) is 0 Å². The van der Waals surface area contributed by atoms with Crippen molar-refractivity contribution in [1.82, 2.24) is 9.97 Å². The lowest BCUT2D eigenvalue weighted by molar-refractivity contribution is -0.136. The largest absolute Gasteiger partial charge is 0.481 e. The van der Waals surface area contributed by atoms with Crippen LogP contribution in [0.25, 0.3) is 11.1 Å². The van der Waals surface area contributed by atoms with E-state index in [1.165, 1.54) is 6.07 Å². The van der Waals surface area contributed by atoms with E-state index in [1.54, 1.807) is 36.7 Å². The zero-order chi connectivity index (χ0) is 25.9. The third-order valence-corrected chi connectivity index (χ3v) is 7.08. The molecule has 36 heavy (non-hydrogen) atoms. The normalized spacial score (nSPS) is 15.1. The van der Waals surface area contributed by atoms with Crippen LogP contribution in [-0.4, -0.2) is 40.7 Å². The van der Waals surface area contributed by atoms with E-state index in [1.807, 2.05) is 6.92 Å². The molecular weight excluding hydrogens is 481 g/mol. The number of aliphatic carboxylic acids is 1. The van der Waals surface area contributed by atoms with E-state index in [9.17, 15) is 14.3 Å². The molecule has 0 saturated carbocycles. The van der Waals surface area contributed by atoms with Crippen molar-refractivity contribution < 1.29 is 19.0 Å². The highest BCUT2D eigenvalue weighted by atomic mass is 35.5. The molecule has 0 spiro atoms. The van der Waals surface area contributed by atoms with E-state index in [0.29, 0.717) is 28.3 Å². The van der Waals surface area contributed by atoms with Gasteiger partial charge in [-0.3, -0.25) is 9.78 Å². The maximum absolute atomic E-state index is 13.9. The van der Waals surface area contributed by atoms with E-state index in [-0.39, 0.29) is 30.1 Å². The van der Waals surface area contributed by atoms with Gasteiger partial charge >= 0.3 is 5.97 Å². The van der Waals surface area contributed by atoms with Gasteiger partial charge in [0, 0.05) is 54.3 Å². The highest BCUT2D eigenvalue weighted by Crippen LogP contribution is 2.40. The molecule has 0 amide bonds. The Morgan fingerprint density at radius 2 is 1.92 bits per heavy atom. The first-order valence-electron chi connectivity index (χ1n) is 12.1. The minimum atomic E-state index is -0.898. The van der Waals surface area contributed by atoms with E-state index in [2.05, 4.69) is 28.7 Å². The Bertz CT molecular complexity index is 1250. The summed E-state index contributed by atoms with van der Waals surface area (Å²) in [5, 5.41) is 9.93. The van der Waals surface area contributed by atoms with Gasteiger partial charge in [-0.2, -0.15) is 0 Å². The van der Waals surface area contributed by atoms with E-state index < -0.39 is 5.97 Å². The highest BCUT2D eigenvalue weighted by Gasteiger charge is 2.29. The second-order valence-electron chi connectivity index (χ2n) is 10.0. The predicted octanol–water partition coefficient (Wildman–Crippen LogP) is 6.12. The molecule has 1 N–H and O–H groups in total. The van der Waals surface area contributed by atoms with Gasteiger partial charge in [-0.05, 0) is 42.9 Å². The third kappa shape index (κ3) is 5.95. The molecule has 0 atom stereocenters. The number of nitrogens with zero attached hydrogens (tertiary/aromatic N) is 3. The summed E-state index contributed by atoms with van der Waals surface area (Å²) in [7, 11) is 0. The molecule has 1 fully saturated rings. The van der Waals surface area contributed by atoms with Crippen molar-refractivity contribution in [2.24, 2.45) is 5.41 Å². The van der Waals surface area contributed by atoms with E-state index in [0.717, 1.165) is 42.7 Å². The van der Waals surface area contributed by atoms with Crippen molar-refractivity contribution >= 4 is 23.3 Å². The summed E-state index contributed by atoms with van der Waals surface area (Å²) < 4.78 is 19.6. The first-order valence-corrected chi connectivity index (χ1v) is 12.5. The number of carbonyl (C=O) groups is 1. The number of piperidine rings is 1. The van der Waals surface area contributed by atoms with Crippen LogP contribution in [-0.2, 0) is 17.6 Å². The maximum Gasteiger partial charge on any atom is 0.307 e. The zero-order valence-corrected chi connectivity index (χ0v) is 21.6. The third-order valence-electron chi connectivity index (χ3n) is 6.81. The fraction of sp³-hybridized carbons (Fsp3) is 0.393. The number of anilines is 1. The summed E-state index contributed by atoms with van der Waals surface area (Å²) in [5.74, 6) is -0.901. The predicted molar refractivity (Wildman–Crippen MR) is 139 cm³/mol. The summed E-state index contributed by atoms with van der Waals surface area (Å²) in [5.41, 5.74) is 4.64. The second kappa shape index (κ2) is 10.8. The second-order valence-corrected chi connectivity index (χ2v) is 10.4. The molecule has 3 aromatic rings. The molecule has 6 nitrogen and oxygen atoms in total. The smallest absolute Gasteiger partial charge is 0.307 e. The van der Waals surface area contributed by atoms with Gasteiger partial charge in [-0.15, -0.1) is 0 Å². The molecule has 1 saturated heterocycles. The SMILES string of the molecule is Cc1ncc(-c2cnc(OCCc3ccccc3F)c(Cl)c2)c(N2CCC(C)(C)CC2)c1CC(=O)O. The summed E-state index contributed by atoms with van der Waals surface area (Å²) in [6, 6.07) is 8.34. The minimum Gasteiger partial charge on any atom is -0.481 e. The van der Waals surface area contributed by atoms with Crippen molar-refractivity contribution in [3.05, 3.63) is 70.4 Å². The molecule has 190 valence electrons. The quantitative estimate of drug-likeness (QED) is 0.392. The van der Waals surface area contributed by atoms with Gasteiger partial charge in [0.2, 0.25) is 5.88 Å². The molecule has 0 unspecified atom stereocenters. The summed E-state index contributed by atoms with van der Waals surface area (Å²) in [6.45, 7) is 8.25. The van der Waals surface area contributed by atoms with Gasteiger partial charge < -0.3 is 14.7 Å².